The maximum atomic E-state index is 12.8. The van der Waals surface area contributed by atoms with Gasteiger partial charge in [-0.3, -0.25) is 14.5 Å². The average Bonchev–Trinajstić information content (AvgIpc) is 3.17. The Balaban J connectivity index is 1.36. The summed E-state index contributed by atoms with van der Waals surface area (Å²) in [5, 5.41) is 3.92. The van der Waals surface area contributed by atoms with Gasteiger partial charge in [0.25, 0.3) is 0 Å². The van der Waals surface area contributed by atoms with Crippen LogP contribution >= 0.6 is 23.2 Å². The van der Waals surface area contributed by atoms with E-state index in [-0.39, 0.29) is 57.8 Å². The van der Waals surface area contributed by atoms with Crippen LogP contribution in [0.5, 0.6) is 0 Å². The molecule has 1 aliphatic rings. The Kier molecular flexibility index (Phi) is 6.29. The van der Waals surface area contributed by atoms with Gasteiger partial charge in [0.05, 0.1) is 21.1 Å². The van der Waals surface area contributed by atoms with E-state index in [1.807, 2.05) is 24.3 Å². The first-order chi connectivity index (χ1) is 17.3. The molecule has 12 heteroatoms. The van der Waals surface area contributed by atoms with Crippen molar-refractivity contribution < 1.29 is 9.59 Å². The monoisotopic (exact) mass is 523 g/mol. The van der Waals surface area contributed by atoms with Crippen LogP contribution in [0.4, 0.5) is 17.5 Å². The number of carbonyl (C=O) groups excluding carboxylic acids is 2. The van der Waals surface area contributed by atoms with E-state index in [2.05, 4.69) is 20.3 Å². The van der Waals surface area contributed by atoms with E-state index in [1.165, 1.54) is 11.1 Å². The van der Waals surface area contributed by atoms with Crippen molar-refractivity contribution in [2.45, 2.75) is 19.3 Å². The van der Waals surface area contributed by atoms with Gasteiger partial charge in [0, 0.05) is 31.3 Å². The second-order valence-electron chi connectivity index (χ2n) is 8.13. The van der Waals surface area contributed by atoms with Crippen LogP contribution in [-0.4, -0.2) is 42.8 Å². The first-order valence-electron chi connectivity index (χ1n) is 11.0. The lowest BCUT2D eigenvalue weighted by Gasteiger charge is -2.14. The average molecular weight is 524 g/mol. The highest BCUT2D eigenvalue weighted by molar-refractivity contribution is 6.37. The number of nitrogen functional groups attached to an aromatic ring is 1. The minimum Gasteiger partial charge on any atom is -0.384 e. The summed E-state index contributed by atoms with van der Waals surface area (Å²) >= 11 is 12.5. The summed E-state index contributed by atoms with van der Waals surface area (Å²) in [6, 6.07) is 12.3. The fourth-order valence-corrected chi connectivity index (χ4v) is 4.55. The summed E-state index contributed by atoms with van der Waals surface area (Å²) in [5.74, 6) is 0.0413. The van der Waals surface area contributed by atoms with E-state index in [0.717, 1.165) is 10.1 Å². The van der Waals surface area contributed by atoms with Crippen molar-refractivity contribution in [2.24, 2.45) is 0 Å². The Hall–Kier alpha value is -4.02. The maximum Gasteiger partial charge on any atom is 0.355 e. The molecule has 0 bridgehead atoms. The van der Waals surface area contributed by atoms with Gasteiger partial charge < -0.3 is 11.1 Å². The summed E-state index contributed by atoms with van der Waals surface area (Å²) < 4.78 is 1.13. The lowest BCUT2D eigenvalue weighted by Crippen LogP contribution is -2.31. The molecule has 2 amide bonds. The number of anilines is 3. The summed E-state index contributed by atoms with van der Waals surface area (Å²) in [6.45, 7) is 0.363. The highest BCUT2D eigenvalue weighted by atomic mass is 35.5. The number of carbonyl (C=O) groups is 2. The van der Waals surface area contributed by atoms with Crippen LogP contribution < -0.4 is 16.7 Å². The standard InChI is InChI=1S/C24H19Cl2N7O3/c25-16-2-1-3-17(26)20(16)33-21(27)15-12-28-23(30-22(15)31-24(33)36)29-14-6-4-13(5-7-14)10-11-32-18(34)8-9-19(32)35/h1-7,12H,8-11,27H2,(H,29,30,31,36). The van der Waals surface area contributed by atoms with Crippen molar-refractivity contribution in [3.05, 3.63) is 74.8 Å². The lowest BCUT2D eigenvalue weighted by molar-refractivity contribution is -0.138. The number of hydrogen-bond donors (Lipinski definition) is 2. The second-order valence-corrected chi connectivity index (χ2v) is 8.94. The number of likely N-dealkylation sites (tertiary alicyclic amines) is 1. The summed E-state index contributed by atoms with van der Waals surface area (Å²) in [4.78, 5) is 50.3. The van der Waals surface area contributed by atoms with Crippen molar-refractivity contribution in [3.8, 4) is 5.69 Å². The van der Waals surface area contributed by atoms with Crippen LogP contribution in [0, 0.1) is 0 Å². The number of aromatic nitrogens is 4. The third-order valence-corrected chi connectivity index (χ3v) is 6.44. The molecule has 3 N–H and O–H groups in total. The maximum absolute atomic E-state index is 12.8. The molecule has 0 spiro atoms. The van der Waals surface area contributed by atoms with Gasteiger partial charge in [0.15, 0.2) is 5.65 Å². The van der Waals surface area contributed by atoms with E-state index in [4.69, 9.17) is 28.9 Å². The molecular formula is C24H19Cl2N7O3. The van der Waals surface area contributed by atoms with Crippen molar-refractivity contribution in [2.75, 3.05) is 17.6 Å². The minimum atomic E-state index is -0.682. The smallest absolute Gasteiger partial charge is 0.355 e. The summed E-state index contributed by atoms with van der Waals surface area (Å²) in [6.07, 6.45) is 2.60. The number of para-hydroxylation sites is 1. The number of rotatable bonds is 6. The molecule has 0 aliphatic carbocycles. The van der Waals surface area contributed by atoms with Gasteiger partial charge in [-0.05, 0) is 36.2 Å². The number of amides is 2. The molecule has 0 saturated carbocycles. The molecule has 0 radical (unpaired) electrons. The highest BCUT2D eigenvalue weighted by Gasteiger charge is 2.28. The first-order valence-corrected chi connectivity index (χ1v) is 11.8. The number of nitrogens with one attached hydrogen (secondary N) is 1. The van der Waals surface area contributed by atoms with Gasteiger partial charge in [0.2, 0.25) is 17.8 Å². The van der Waals surface area contributed by atoms with Crippen LogP contribution in [0.2, 0.25) is 10.0 Å². The summed E-state index contributed by atoms with van der Waals surface area (Å²) in [5.41, 5.74) is 7.61. The number of halogens is 2. The van der Waals surface area contributed by atoms with Crippen LogP contribution in [0.1, 0.15) is 18.4 Å². The molecule has 1 aliphatic heterocycles. The predicted molar refractivity (Wildman–Crippen MR) is 137 cm³/mol. The molecule has 0 unspecified atom stereocenters. The second kappa shape index (κ2) is 9.56. The molecule has 2 aromatic heterocycles. The molecule has 3 heterocycles. The molecule has 0 atom stereocenters. The molecular weight excluding hydrogens is 505 g/mol. The summed E-state index contributed by atoms with van der Waals surface area (Å²) in [7, 11) is 0. The highest BCUT2D eigenvalue weighted by Crippen LogP contribution is 2.30. The van der Waals surface area contributed by atoms with Gasteiger partial charge in [-0.2, -0.15) is 9.97 Å². The van der Waals surface area contributed by atoms with E-state index in [0.29, 0.717) is 24.0 Å². The zero-order chi connectivity index (χ0) is 25.4. The molecule has 4 aromatic rings. The fourth-order valence-electron chi connectivity index (χ4n) is 3.98. The van der Waals surface area contributed by atoms with E-state index < -0.39 is 5.69 Å². The lowest BCUT2D eigenvalue weighted by atomic mass is 10.1. The molecule has 36 heavy (non-hydrogen) atoms. The van der Waals surface area contributed by atoms with Gasteiger partial charge in [-0.1, -0.05) is 41.4 Å². The van der Waals surface area contributed by atoms with Crippen molar-refractivity contribution in [1.29, 1.82) is 0 Å². The molecule has 5 rings (SSSR count). The van der Waals surface area contributed by atoms with Gasteiger partial charge >= 0.3 is 5.69 Å². The van der Waals surface area contributed by atoms with Crippen molar-refractivity contribution in [1.82, 2.24) is 24.4 Å². The zero-order valence-corrected chi connectivity index (χ0v) is 20.3. The van der Waals surface area contributed by atoms with E-state index in [1.54, 1.807) is 18.2 Å². The van der Waals surface area contributed by atoms with Gasteiger partial charge in [-0.15, -0.1) is 0 Å². The number of benzene rings is 2. The van der Waals surface area contributed by atoms with Crippen LogP contribution in [0.15, 0.2) is 53.5 Å². The third kappa shape index (κ3) is 4.48. The van der Waals surface area contributed by atoms with E-state index in [9.17, 15) is 14.4 Å². The number of nitrogens with zero attached hydrogens (tertiary/aromatic N) is 5. The van der Waals surface area contributed by atoms with Gasteiger partial charge in [-0.25, -0.2) is 14.3 Å². The van der Waals surface area contributed by atoms with Crippen LogP contribution in [0.3, 0.4) is 0 Å². The Bertz CT molecular complexity index is 1530. The Morgan fingerprint density at radius 1 is 0.944 bits per heavy atom. The number of nitrogens with two attached hydrogens (primary N) is 1. The third-order valence-electron chi connectivity index (χ3n) is 5.83. The Morgan fingerprint density at radius 3 is 2.28 bits per heavy atom. The Morgan fingerprint density at radius 2 is 1.61 bits per heavy atom. The Labute approximate surface area is 214 Å². The fraction of sp³-hybridized carbons (Fsp3) is 0.167. The quantitative estimate of drug-likeness (QED) is 0.366. The van der Waals surface area contributed by atoms with Gasteiger partial charge in [0.1, 0.15) is 5.82 Å². The molecule has 1 fully saturated rings. The first kappa shape index (κ1) is 23.7. The largest absolute Gasteiger partial charge is 0.384 e. The molecule has 10 nitrogen and oxygen atoms in total. The SMILES string of the molecule is Nc1c2cnc(Nc3ccc(CCN4C(=O)CCC4=O)cc3)nc2nc(=O)n1-c1c(Cl)cccc1Cl. The number of imide groups is 1. The van der Waals surface area contributed by atoms with E-state index >= 15 is 0 Å². The van der Waals surface area contributed by atoms with Crippen molar-refractivity contribution >= 4 is 63.5 Å². The predicted octanol–water partition coefficient (Wildman–Crippen LogP) is 3.50. The zero-order valence-electron chi connectivity index (χ0n) is 18.7. The topological polar surface area (TPSA) is 136 Å². The molecule has 182 valence electrons. The molecule has 1 saturated heterocycles. The van der Waals surface area contributed by atoms with Crippen molar-refractivity contribution in [3.63, 3.8) is 0 Å². The normalized spacial score (nSPS) is 13.6. The minimum absolute atomic E-state index is 0.0610. The van der Waals surface area contributed by atoms with Crippen LogP contribution in [-0.2, 0) is 16.0 Å². The number of hydrogen-bond acceptors (Lipinski definition) is 8. The number of fused-ring (bicyclic) bond motifs is 1. The molecule has 2 aromatic carbocycles. The van der Waals surface area contributed by atoms with Crippen LogP contribution in [0.25, 0.3) is 16.7 Å².